The lowest BCUT2D eigenvalue weighted by Crippen LogP contribution is -2.31. The zero-order chi connectivity index (χ0) is 29.6. The molecule has 0 bridgehead atoms. The highest BCUT2D eigenvalue weighted by molar-refractivity contribution is 5.53. The smallest absolute Gasteiger partial charge is 0.121 e. The average molecular weight is 539 g/mol. The Hall–Kier alpha value is -3.92. The van der Waals surface area contributed by atoms with Gasteiger partial charge in [-0.15, -0.1) is 0 Å². The number of rotatable bonds is 7. The van der Waals surface area contributed by atoms with Gasteiger partial charge in [0.2, 0.25) is 0 Å². The minimum atomic E-state index is -0.439. The molecule has 4 aromatic rings. The number of aromatic hydroxyl groups is 4. The van der Waals surface area contributed by atoms with Gasteiger partial charge in [-0.3, -0.25) is 0 Å². The molecule has 4 rings (SSSR count). The minimum absolute atomic E-state index is 0.267. The molecule has 0 saturated heterocycles. The second-order valence-corrected chi connectivity index (χ2v) is 12.1. The van der Waals surface area contributed by atoms with Crippen LogP contribution < -0.4 is 0 Å². The Bertz CT molecular complexity index is 1430. The van der Waals surface area contributed by atoms with E-state index < -0.39 is 10.8 Å². The van der Waals surface area contributed by atoms with E-state index in [2.05, 4.69) is 50.2 Å². The Balaban J connectivity index is 1.92. The fourth-order valence-electron chi connectivity index (χ4n) is 5.96. The second-order valence-electron chi connectivity index (χ2n) is 12.1. The summed E-state index contributed by atoms with van der Waals surface area (Å²) in [6.45, 7) is 16.0. The molecule has 0 spiro atoms. The maximum Gasteiger partial charge on any atom is 0.121 e. The van der Waals surface area contributed by atoms with Gasteiger partial charge >= 0.3 is 0 Å². The summed E-state index contributed by atoms with van der Waals surface area (Å²) in [4.78, 5) is 0. The molecule has 0 atom stereocenters. The molecule has 4 heteroatoms. The van der Waals surface area contributed by atoms with E-state index in [9.17, 15) is 20.4 Å². The quantitative estimate of drug-likeness (QED) is 0.190. The van der Waals surface area contributed by atoms with Gasteiger partial charge in [0.05, 0.1) is 0 Å². The number of benzene rings is 4. The molecule has 0 aliphatic carbocycles. The van der Waals surface area contributed by atoms with E-state index in [1.54, 1.807) is 12.1 Å². The lowest BCUT2D eigenvalue weighted by atomic mass is 9.65. The van der Waals surface area contributed by atoms with Crippen LogP contribution in [0.5, 0.6) is 23.0 Å². The summed E-state index contributed by atoms with van der Waals surface area (Å²) in [7, 11) is 0. The van der Waals surface area contributed by atoms with Crippen molar-refractivity contribution < 1.29 is 20.4 Å². The van der Waals surface area contributed by atoms with Crippen molar-refractivity contribution in [2.24, 2.45) is 0 Å². The molecule has 4 N–H and O–H groups in total. The maximum absolute atomic E-state index is 10.6. The van der Waals surface area contributed by atoms with E-state index in [4.69, 9.17) is 0 Å². The summed E-state index contributed by atoms with van der Waals surface area (Å²) in [6, 6.07) is 19.9. The molecule has 0 saturated carbocycles. The molecule has 0 aromatic heterocycles. The molecular formula is C36H42O4. The Kier molecular flexibility index (Phi) is 7.68. The van der Waals surface area contributed by atoms with Crippen molar-refractivity contribution in [3.63, 3.8) is 0 Å². The standard InChI is InChI=1S/C36H42O4/c1-21-15-27(9-11-31(21)37)35(7,28-10-12-32(38)22(2)16-28)13-14-36(8,29-17-23(3)33(39)24(4)18-29)30-19-25(5)34(40)26(6)20-30/h9-12,15-20,37-40H,13-14H2,1-8H3. The van der Waals surface area contributed by atoms with Gasteiger partial charge < -0.3 is 20.4 Å². The molecule has 0 amide bonds. The van der Waals surface area contributed by atoms with Crippen LogP contribution >= 0.6 is 0 Å². The zero-order valence-corrected chi connectivity index (χ0v) is 25.0. The fraction of sp³-hybridized carbons (Fsp3) is 0.333. The molecule has 0 unspecified atom stereocenters. The van der Waals surface area contributed by atoms with Crippen LogP contribution in [-0.2, 0) is 10.8 Å². The first kappa shape index (κ1) is 29.1. The molecule has 210 valence electrons. The van der Waals surface area contributed by atoms with Crippen LogP contribution in [0.3, 0.4) is 0 Å². The molecular weight excluding hydrogens is 496 g/mol. The number of hydrogen-bond donors (Lipinski definition) is 4. The van der Waals surface area contributed by atoms with Crippen LogP contribution in [0, 0.1) is 41.5 Å². The average Bonchev–Trinajstić information content (AvgIpc) is 2.91. The molecule has 0 aliphatic rings. The van der Waals surface area contributed by atoms with Crippen molar-refractivity contribution in [2.75, 3.05) is 0 Å². The SMILES string of the molecule is Cc1cc(C(C)(CCC(C)(c2cc(C)c(O)c(C)c2)c2cc(C)c(O)c(C)c2)c2ccc(O)c(C)c2)ccc1O. The third kappa shape index (κ3) is 5.15. The summed E-state index contributed by atoms with van der Waals surface area (Å²) in [5.74, 6) is 1.16. The van der Waals surface area contributed by atoms with Crippen molar-refractivity contribution in [3.8, 4) is 23.0 Å². The summed E-state index contributed by atoms with van der Waals surface area (Å²) >= 11 is 0. The van der Waals surface area contributed by atoms with E-state index in [0.717, 1.165) is 68.5 Å². The van der Waals surface area contributed by atoms with Crippen LogP contribution in [0.2, 0.25) is 0 Å². The zero-order valence-electron chi connectivity index (χ0n) is 25.0. The maximum atomic E-state index is 10.6. The topological polar surface area (TPSA) is 80.9 Å². The molecule has 0 radical (unpaired) electrons. The predicted molar refractivity (Wildman–Crippen MR) is 163 cm³/mol. The Labute approximate surface area is 238 Å². The number of phenolic OH excluding ortho intramolecular Hbond substituents is 4. The highest BCUT2D eigenvalue weighted by Gasteiger charge is 2.37. The monoisotopic (exact) mass is 538 g/mol. The highest BCUT2D eigenvalue weighted by atomic mass is 16.3. The van der Waals surface area contributed by atoms with Crippen LogP contribution in [0.15, 0.2) is 60.7 Å². The first-order valence-corrected chi connectivity index (χ1v) is 13.9. The van der Waals surface area contributed by atoms with Crippen molar-refractivity contribution in [2.45, 2.75) is 79.1 Å². The Morgan fingerprint density at radius 1 is 0.425 bits per heavy atom. The lowest BCUT2D eigenvalue weighted by Gasteiger charge is -2.38. The van der Waals surface area contributed by atoms with Gasteiger partial charge in [0.25, 0.3) is 0 Å². The number of aryl methyl sites for hydroxylation is 6. The first-order valence-electron chi connectivity index (χ1n) is 13.9. The summed E-state index contributed by atoms with van der Waals surface area (Å²) in [5.41, 5.74) is 8.49. The molecule has 0 aliphatic heterocycles. The largest absolute Gasteiger partial charge is 0.508 e. The number of phenols is 4. The Morgan fingerprint density at radius 2 is 0.700 bits per heavy atom. The fourth-order valence-corrected chi connectivity index (χ4v) is 5.96. The van der Waals surface area contributed by atoms with Crippen molar-refractivity contribution in [3.05, 3.63) is 116 Å². The molecule has 4 nitrogen and oxygen atoms in total. The van der Waals surface area contributed by atoms with Crippen molar-refractivity contribution in [1.82, 2.24) is 0 Å². The molecule has 0 heterocycles. The van der Waals surface area contributed by atoms with Gasteiger partial charge in [-0.25, -0.2) is 0 Å². The molecule has 0 fully saturated rings. The first-order chi connectivity index (χ1) is 18.7. The van der Waals surface area contributed by atoms with Crippen LogP contribution in [0.25, 0.3) is 0 Å². The lowest BCUT2D eigenvalue weighted by molar-refractivity contribution is 0.408. The third-order valence-electron chi connectivity index (χ3n) is 9.05. The van der Waals surface area contributed by atoms with E-state index >= 15 is 0 Å². The Morgan fingerprint density at radius 3 is 1.00 bits per heavy atom. The molecule has 40 heavy (non-hydrogen) atoms. The van der Waals surface area contributed by atoms with Gasteiger partial charge in [-0.2, -0.15) is 0 Å². The van der Waals surface area contributed by atoms with Crippen LogP contribution in [0.4, 0.5) is 0 Å². The second kappa shape index (κ2) is 10.6. The van der Waals surface area contributed by atoms with Gasteiger partial charge in [-0.05, 0) is 122 Å². The van der Waals surface area contributed by atoms with Crippen LogP contribution in [-0.4, -0.2) is 20.4 Å². The number of hydrogen-bond acceptors (Lipinski definition) is 4. The molecule has 4 aromatic carbocycles. The third-order valence-corrected chi connectivity index (χ3v) is 9.05. The summed E-state index contributed by atoms with van der Waals surface area (Å²) in [6.07, 6.45) is 1.52. The highest BCUT2D eigenvalue weighted by Crippen LogP contribution is 2.46. The van der Waals surface area contributed by atoms with Crippen molar-refractivity contribution >= 4 is 0 Å². The minimum Gasteiger partial charge on any atom is -0.508 e. The van der Waals surface area contributed by atoms with E-state index in [0.29, 0.717) is 11.5 Å². The normalized spacial score (nSPS) is 12.1. The van der Waals surface area contributed by atoms with E-state index in [-0.39, 0.29) is 11.5 Å². The van der Waals surface area contributed by atoms with Crippen LogP contribution in [0.1, 0.15) is 82.3 Å². The summed E-state index contributed by atoms with van der Waals surface area (Å²) < 4.78 is 0. The summed E-state index contributed by atoms with van der Waals surface area (Å²) in [5, 5.41) is 41.7. The van der Waals surface area contributed by atoms with E-state index in [1.807, 2.05) is 53.7 Å². The van der Waals surface area contributed by atoms with Gasteiger partial charge in [0.15, 0.2) is 0 Å². The van der Waals surface area contributed by atoms with Crippen molar-refractivity contribution in [1.29, 1.82) is 0 Å². The van der Waals surface area contributed by atoms with Gasteiger partial charge in [0, 0.05) is 10.8 Å². The predicted octanol–water partition coefficient (Wildman–Crippen LogP) is 8.45. The van der Waals surface area contributed by atoms with Gasteiger partial charge in [0.1, 0.15) is 23.0 Å². The van der Waals surface area contributed by atoms with E-state index in [1.165, 1.54) is 0 Å². The van der Waals surface area contributed by atoms with Gasteiger partial charge in [-0.1, -0.05) is 62.4 Å².